The Labute approximate surface area is 278 Å². The van der Waals surface area contributed by atoms with E-state index >= 15 is 0 Å². The molecule has 8 nitrogen and oxygen atoms in total. The SMILES string of the molecule is COCC[C@]1(OC)/C=C\C[C@H](C)[C@@H](C)S(=O)(=O)NC(=O)c2ccc3c(c2)N(C[C@@H]2CC[C@H]21)C[C@@]1(CCCc2cc(Cl)ccc21)CO3. The summed E-state index contributed by atoms with van der Waals surface area (Å²) in [6, 6.07) is 11.5. The summed E-state index contributed by atoms with van der Waals surface area (Å²) in [4.78, 5) is 15.9. The molecule has 2 aromatic carbocycles. The van der Waals surface area contributed by atoms with Crippen molar-refractivity contribution in [1.29, 1.82) is 0 Å². The minimum absolute atomic E-state index is 0.219. The molecule has 2 heterocycles. The van der Waals surface area contributed by atoms with Crippen molar-refractivity contribution in [3.05, 3.63) is 70.3 Å². The Bertz CT molecular complexity index is 1600. The molecule has 0 aromatic heterocycles. The molecule has 2 aliphatic carbocycles. The monoisotopic (exact) mass is 670 g/mol. The molecule has 1 spiro atoms. The van der Waals surface area contributed by atoms with Gasteiger partial charge in [-0.2, -0.15) is 0 Å². The van der Waals surface area contributed by atoms with Crippen LogP contribution in [0.5, 0.6) is 5.75 Å². The maximum absolute atomic E-state index is 13.5. The van der Waals surface area contributed by atoms with Gasteiger partial charge in [0.25, 0.3) is 5.91 Å². The molecular weight excluding hydrogens is 624 g/mol. The third-order valence-electron chi connectivity index (χ3n) is 11.3. The van der Waals surface area contributed by atoms with Crippen molar-refractivity contribution in [2.75, 3.05) is 45.4 Å². The molecule has 1 saturated carbocycles. The maximum Gasteiger partial charge on any atom is 0.264 e. The van der Waals surface area contributed by atoms with E-state index in [9.17, 15) is 13.2 Å². The first-order chi connectivity index (χ1) is 22.0. The number of carbonyl (C=O) groups is 1. The number of amides is 1. The van der Waals surface area contributed by atoms with E-state index in [0.717, 1.165) is 49.4 Å². The Morgan fingerprint density at radius 3 is 2.70 bits per heavy atom. The topological polar surface area (TPSA) is 94.2 Å². The van der Waals surface area contributed by atoms with Gasteiger partial charge in [0, 0.05) is 56.3 Å². The lowest BCUT2D eigenvalue weighted by atomic mass is 9.63. The van der Waals surface area contributed by atoms with Crippen molar-refractivity contribution < 1.29 is 27.4 Å². The number of carbonyl (C=O) groups excluding carboxylic acids is 1. The Hall–Kier alpha value is -2.59. The smallest absolute Gasteiger partial charge is 0.264 e. The predicted octanol–water partition coefficient (Wildman–Crippen LogP) is 6.31. The lowest BCUT2D eigenvalue weighted by Gasteiger charge is -2.50. The second-order valence-corrected chi connectivity index (χ2v) is 16.4. The highest BCUT2D eigenvalue weighted by molar-refractivity contribution is 7.90. The third kappa shape index (κ3) is 6.20. The fraction of sp³-hybridized carbons (Fsp3) is 0.583. The van der Waals surface area contributed by atoms with Crippen LogP contribution in [0.25, 0.3) is 0 Å². The number of nitrogens with one attached hydrogen (secondary N) is 1. The number of methoxy groups -OCH3 is 2. The van der Waals surface area contributed by atoms with Crippen LogP contribution in [-0.4, -0.2) is 65.7 Å². The molecule has 1 amide bonds. The Morgan fingerprint density at radius 2 is 1.96 bits per heavy atom. The van der Waals surface area contributed by atoms with Crippen molar-refractivity contribution in [3.63, 3.8) is 0 Å². The Kier molecular flexibility index (Phi) is 9.51. The van der Waals surface area contributed by atoms with Crippen molar-refractivity contribution in [1.82, 2.24) is 4.72 Å². The standard InChI is InChI=1S/C36H47ClN2O6S/c1-24-7-5-16-36(44-4,17-18-43-3)31-12-9-28(31)21-39-22-35(15-6-8-26-19-29(37)11-13-30(26)35)23-45-33-14-10-27(20-32(33)39)34(40)38-46(41,42)25(24)2/h5,10-11,13-14,16,19-20,24-25,28,31H,6-9,12,15,17-18,21-23H2,1-4H3,(H,38,40)/b16-5-/t24-,25+,28-,31+,35-,36+/m0/s1. The molecule has 2 aromatic rings. The molecule has 2 aliphatic heterocycles. The van der Waals surface area contributed by atoms with Crippen molar-refractivity contribution in [2.24, 2.45) is 17.8 Å². The van der Waals surface area contributed by atoms with E-state index in [1.165, 1.54) is 11.1 Å². The number of rotatable bonds is 4. The van der Waals surface area contributed by atoms with E-state index in [1.807, 2.05) is 25.1 Å². The van der Waals surface area contributed by atoms with Crippen LogP contribution in [-0.2, 0) is 31.3 Å². The van der Waals surface area contributed by atoms with Crippen LogP contribution < -0.4 is 14.4 Å². The van der Waals surface area contributed by atoms with Crippen molar-refractivity contribution >= 4 is 33.2 Å². The van der Waals surface area contributed by atoms with E-state index in [2.05, 4.69) is 33.9 Å². The van der Waals surface area contributed by atoms with Crippen LogP contribution in [0.2, 0.25) is 5.02 Å². The number of sulfonamides is 1. The summed E-state index contributed by atoms with van der Waals surface area (Å²) in [5.74, 6) is 0.443. The van der Waals surface area contributed by atoms with Gasteiger partial charge in [-0.25, -0.2) is 13.1 Å². The summed E-state index contributed by atoms with van der Waals surface area (Å²) < 4.78 is 47.7. The van der Waals surface area contributed by atoms with Crippen LogP contribution in [0.3, 0.4) is 0 Å². The molecule has 10 heteroatoms. The van der Waals surface area contributed by atoms with Gasteiger partial charge in [0.15, 0.2) is 0 Å². The van der Waals surface area contributed by atoms with Gasteiger partial charge in [0.05, 0.1) is 23.1 Å². The second-order valence-electron chi connectivity index (χ2n) is 13.9. The van der Waals surface area contributed by atoms with Gasteiger partial charge in [0.1, 0.15) is 5.75 Å². The van der Waals surface area contributed by atoms with E-state index in [-0.39, 0.29) is 17.3 Å². The molecule has 2 bridgehead atoms. The Balaban J connectivity index is 1.46. The van der Waals surface area contributed by atoms with Gasteiger partial charge in [0.2, 0.25) is 10.0 Å². The number of halogens is 1. The largest absolute Gasteiger partial charge is 0.490 e. The van der Waals surface area contributed by atoms with Gasteiger partial charge in [-0.15, -0.1) is 0 Å². The molecule has 6 atom stereocenters. The van der Waals surface area contributed by atoms with E-state index < -0.39 is 26.8 Å². The van der Waals surface area contributed by atoms with Gasteiger partial charge in [-0.1, -0.05) is 36.7 Å². The zero-order valence-electron chi connectivity index (χ0n) is 27.4. The summed E-state index contributed by atoms with van der Waals surface area (Å²) in [6.45, 7) is 6.10. The fourth-order valence-electron chi connectivity index (χ4n) is 8.21. The zero-order valence-corrected chi connectivity index (χ0v) is 29.0. The number of nitrogens with zero attached hydrogens (tertiary/aromatic N) is 1. The number of allylic oxidation sites excluding steroid dienone is 1. The lowest BCUT2D eigenvalue weighted by Crippen LogP contribution is -2.53. The average molecular weight is 671 g/mol. The normalized spacial score (nSPS) is 33.1. The number of fused-ring (bicyclic) bond motifs is 4. The highest BCUT2D eigenvalue weighted by Crippen LogP contribution is 2.49. The molecule has 0 unspecified atom stereocenters. The summed E-state index contributed by atoms with van der Waals surface area (Å²) in [7, 11) is -0.444. The lowest BCUT2D eigenvalue weighted by molar-refractivity contribution is -0.0887. The molecule has 1 N–H and O–H groups in total. The maximum atomic E-state index is 13.5. The highest BCUT2D eigenvalue weighted by Gasteiger charge is 2.49. The first-order valence-electron chi connectivity index (χ1n) is 16.6. The van der Waals surface area contributed by atoms with Crippen LogP contribution in [0, 0.1) is 17.8 Å². The van der Waals surface area contributed by atoms with Crippen LogP contribution >= 0.6 is 11.6 Å². The van der Waals surface area contributed by atoms with Gasteiger partial charge in [-0.05, 0) is 105 Å². The molecule has 0 saturated heterocycles. The van der Waals surface area contributed by atoms with Gasteiger partial charge in [-0.3, -0.25) is 4.79 Å². The van der Waals surface area contributed by atoms with Crippen molar-refractivity contribution in [2.45, 2.75) is 75.1 Å². The molecule has 0 radical (unpaired) electrons. The van der Waals surface area contributed by atoms with Crippen molar-refractivity contribution in [3.8, 4) is 5.75 Å². The molecular formula is C36H47ClN2O6S. The molecule has 4 aliphatic rings. The van der Waals surface area contributed by atoms with E-state index in [1.54, 1.807) is 27.2 Å². The number of aryl methyl sites for hydroxylation is 1. The number of hydrogen-bond acceptors (Lipinski definition) is 7. The number of ether oxygens (including phenoxy) is 3. The number of hydrogen-bond donors (Lipinski definition) is 1. The molecule has 6 rings (SSSR count). The first kappa shape index (κ1) is 33.3. The van der Waals surface area contributed by atoms with Crippen LogP contribution in [0.1, 0.15) is 73.9 Å². The predicted molar refractivity (Wildman–Crippen MR) is 181 cm³/mol. The Morgan fingerprint density at radius 1 is 1.13 bits per heavy atom. The minimum atomic E-state index is -3.93. The average Bonchev–Trinajstić information content (AvgIpc) is 3.17. The van der Waals surface area contributed by atoms with E-state index in [0.29, 0.717) is 49.8 Å². The summed E-state index contributed by atoms with van der Waals surface area (Å²) in [5, 5.41) is -0.0351. The number of anilines is 1. The van der Waals surface area contributed by atoms with Gasteiger partial charge < -0.3 is 19.1 Å². The first-order valence-corrected chi connectivity index (χ1v) is 18.5. The third-order valence-corrected chi connectivity index (χ3v) is 13.5. The summed E-state index contributed by atoms with van der Waals surface area (Å²) >= 11 is 6.44. The van der Waals surface area contributed by atoms with Gasteiger partial charge >= 0.3 is 0 Å². The van der Waals surface area contributed by atoms with Crippen LogP contribution in [0.4, 0.5) is 5.69 Å². The zero-order chi connectivity index (χ0) is 32.7. The highest BCUT2D eigenvalue weighted by atomic mass is 35.5. The quantitative estimate of drug-likeness (QED) is 0.382. The second kappa shape index (κ2) is 13.1. The number of benzene rings is 2. The summed E-state index contributed by atoms with van der Waals surface area (Å²) in [5.41, 5.74) is 2.85. The molecule has 250 valence electrons. The van der Waals surface area contributed by atoms with Crippen LogP contribution in [0.15, 0.2) is 48.6 Å². The fourth-order valence-corrected chi connectivity index (χ4v) is 9.68. The van der Waals surface area contributed by atoms with E-state index in [4.69, 9.17) is 25.8 Å². The molecule has 1 fully saturated rings. The molecule has 46 heavy (non-hydrogen) atoms. The summed E-state index contributed by atoms with van der Waals surface area (Å²) in [6.07, 6.45) is 10.5. The minimum Gasteiger partial charge on any atom is -0.490 e.